The van der Waals surface area contributed by atoms with Crippen LogP contribution in [0.1, 0.15) is 27.6 Å². The molecule has 0 radical (unpaired) electrons. The summed E-state index contributed by atoms with van der Waals surface area (Å²) in [4.78, 5) is 59.8. The van der Waals surface area contributed by atoms with E-state index in [4.69, 9.17) is 9.47 Å². The van der Waals surface area contributed by atoms with Gasteiger partial charge in [-0.15, -0.1) is 0 Å². The third kappa shape index (κ3) is 6.23. The molecule has 3 amide bonds. The Morgan fingerprint density at radius 3 is 2.54 bits per heavy atom. The van der Waals surface area contributed by atoms with Crippen LogP contribution in [-0.2, 0) is 9.53 Å². The van der Waals surface area contributed by atoms with E-state index in [0.29, 0.717) is 31.9 Å². The van der Waals surface area contributed by atoms with Crippen LogP contribution < -0.4 is 10.1 Å². The van der Waals surface area contributed by atoms with Gasteiger partial charge in [0.2, 0.25) is 0 Å². The minimum absolute atomic E-state index is 0.0261. The molecule has 0 spiro atoms. The average molecular weight is 566 g/mol. The van der Waals surface area contributed by atoms with Crippen LogP contribution in [0.5, 0.6) is 5.75 Å². The average Bonchev–Trinajstić information content (AvgIpc) is 3.45. The Kier molecular flexibility index (Phi) is 8.60. The predicted molar refractivity (Wildman–Crippen MR) is 147 cm³/mol. The van der Waals surface area contributed by atoms with Crippen LogP contribution in [-0.4, -0.2) is 108 Å². The number of fused-ring (bicyclic) bond motifs is 1. The van der Waals surface area contributed by atoms with Gasteiger partial charge < -0.3 is 29.6 Å². The molecular formula is C29H32FN5O6. The maximum atomic E-state index is 14.9. The number of nitrogens with one attached hydrogen (secondary N) is 2. The van der Waals surface area contributed by atoms with Crippen LogP contribution in [0.15, 0.2) is 48.7 Å². The van der Waals surface area contributed by atoms with Gasteiger partial charge in [0.25, 0.3) is 17.6 Å². The first-order valence-corrected chi connectivity index (χ1v) is 13.6. The highest BCUT2D eigenvalue weighted by Gasteiger charge is 2.35. The molecule has 5 rings (SSSR count). The number of benzene rings is 2. The molecule has 1 atom stereocenters. The highest BCUT2D eigenvalue weighted by atomic mass is 19.1. The summed E-state index contributed by atoms with van der Waals surface area (Å²) < 4.78 is 25.6. The maximum absolute atomic E-state index is 14.9. The first-order valence-electron chi connectivity index (χ1n) is 13.6. The van der Waals surface area contributed by atoms with E-state index in [9.17, 15) is 23.6 Å². The zero-order valence-corrected chi connectivity index (χ0v) is 22.7. The fraction of sp³-hybridized carbons (Fsp3) is 0.379. The van der Waals surface area contributed by atoms with E-state index in [2.05, 4.69) is 15.2 Å². The van der Waals surface area contributed by atoms with Crippen molar-refractivity contribution in [1.29, 1.82) is 0 Å². The molecule has 11 nitrogen and oxygen atoms in total. The number of hydrogen-bond donors (Lipinski definition) is 2. The molecule has 216 valence electrons. The first-order chi connectivity index (χ1) is 19.8. The van der Waals surface area contributed by atoms with Gasteiger partial charge in [-0.2, -0.15) is 0 Å². The summed E-state index contributed by atoms with van der Waals surface area (Å²) in [5, 5.41) is 2.54. The van der Waals surface area contributed by atoms with Gasteiger partial charge in [-0.1, -0.05) is 18.2 Å². The topological polar surface area (TPSA) is 124 Å². The second-order valence-electron chi connectivity index (χ2n) is 10.1. The van der Waals surface area contributed by atoms with Crippen LogP contribution in [0.2, 0.25) is 0 Å². The highest BCUT2D eigenvalue weighted by Crippen LogP contribution is 2.31. The van der Waals surface area contributed by atoms with Gasteiger partial charge in [-0.05, 0) is 31.2 Å². The number of carbonyl (C=O) groups is 4. The monoisotopic (exact) mass is 565 g/mol. The van der Waals surface area contributed by atoms with E-state index in [-0.39, 0.29) is 47.8 Å². The second-order valence-corrected chi connectivity index (χ2v) is 10.1. The second kappa shape index (κ2) is 12.5. The van der Waals surface area contributed by atoms with E-state index >= 15 is 0 Å². The van der Waals surface area contributed by atoms with Gasteiger partial charge >= 0.3 is 6.09 Å². The molecule has 12 heteroatoms. The molecule has 0 bridgehead atoms. The minimum Gasteiger partial charge on any atom is -0.408 e. The zero-order valence-electron chi connectivity index (χ0n) is 22.7. The van der Waals surface area contributed by atoms with E-state index in [1.54, 1.807) is 36.1 Å². The SMILES string of the molecule is C[C@@H]1CN(C(=O)c2ccccc2)CCN1C(=O)C(=O)c1c[nH]c2c(OC(=O)NCCN3CCOCC3)ccc(F)c12. The van der Waals surface area contributed by atoms with Gasteiger partial charge in [0.1, 0.15) is 5.82 Å². The molecule has 2 fully saturated rings. The molecule has 1 aromatic heterocycles. The van der Waals surface area contributed by atoms with Gasteiger partial charge in [0.15, 0.2) is 5.75 Å². The molecule has 3 aromatic rings. The number of H-pyrrole nitrogens is 1. The van der Waals surface area contributed by atoms with Crippen LogP contribution in [0.4, 0.5) is 9.18 Å². The largest absolute Gasteiger partial charge is 0.412 e. The van der Waals surface area contributed by atoms with E-state index in [1.165, 1.54) is 17.2 Å². The Morgan fingerprint density at radius 2 is 1.80 bits per heavy atom. The molecule has 41 heavy (non-hydrogen) atoms. The van der Waals surface area contributed by atoms with Gasteiger partial charge in [-0.25, -0.2) is 9.18 Å². The number of nitrogens with zero attached hydrogens (tertiary/aromatic N) is 3. The summed E-state index contributed by atoms with van der Waals surface area (Å²) in [6, 6.07) is 10.8. The first kappa shape index (κ1) is 28.2. The van der Waals surface area contributed by atoms with Gasteiger partial charge in [0, 0.05) is 63.6 Å². The number of piperazine rings is 1. The molecule has 2 N–H and O–H groups in total. The number of aromatic nitrogens is 1. The molecule has 2 saturated heterocycles. The van der Waals surface area contributed by atoms with Gasteiger partial charge in [0.05, 0.1) is 29.7 Å². The standard InChI is InChI=1S/C29H32FN5O6/c1-19-18-34(27(37)20-5-3-2-4-6-20)11-12-35(19)28(38)26(36)21-17-32-25-23(8-7-22(30)24(21)25)41-29(39)31-9-10-33-13-15-40-16-14-33/h2-8,17,19,32H,9-16,18H2,1H3,(H,31,39)/t19-/m1/s1. The maximum Gasteiger partial charge on any atom is 0.412 e. The fourth-order valence-corrected chi connectivity index (χ4v) is 5.17. The van der Waals surface area contributed by atoms with Crippen LogP contribution >= 0.6 is 0 Å². The molecule has 2 aliphatic rings. The Hall–Kier alpha value is -4.29. The van der Waals surface area contributed by atoms with E-state index < -0.39 is 29.6 Å². The molecule has 0 saturated carbocycles. The number of carbonyl (C=O) groups excluding carboxylic acids is 4. The number of morpholine rings is 1. The Morgan fingerprint density at radius 1 is 1.05 bits per heavy atom. The third-order valence-corrected chi connectivity index (χ3v) is 7.39. The predicted octanol–water partition coefficient (Wildman–Crippen LogP) is 2.28. The summed E-state index contributed by atoms with van der Waals surface area (Å²) in [5.41, 5.74) is 0.486. The van der Waals surface area contributed by atoms with Crippen molar-refractivity contribution in [2.45, 2.75) is 13.0 Å². The summed E-state index contributed by atoms with van der Waals surface area (Å²) in [6.07, 6.45) is 0.526. The van der Waals surface area contributed by atoms with Gasteiger partial charge in [-0.3, -0.25) is 19.3 Å². The molecule has 0 aliphatic carbocycles. The lowest BCUT2D eigenvalue weighted by Gasteiger charge is -2.39. The fourth-order valence-electron chi connectivity index (χ4n) is 5.17. The lowest BCUT2D eigenvalue weighted by atomic mass is 10.1. The Bertz CT molecular complexity index is 1440. The van der Waals surface area contributed by atoms with Crippen LogP contribution in [0.25, 0.3) is 10.9 Å². The molecule has 3 heterocycles. The van der Waals surface area contributed by atoms with E-state index in [0.717, 1.165) is 19.2 Å². The lowest BCUT2D eigenvalue weighted by Crippen LogP contribution is -2.56. The Balaban J connectivity index is 1.23. The third-order valence-electron chi connectivity index (χ3n) is 7.39. The number of Topliss-reactive ketones (excluding diaryl/α,β-unsaturated/α-hetero) is 1. The lowest BCUT2D eigenvalue weighted by molar-refractivity contribution is -0.130. The number of hydrogen-bond acceptors (Lipinski definition) is 7. The Labute approximate surface area is 236 Å². The highest BCUT2D eigenvalue weighted by molar-refractivity contribution is 6.45. The quantitative estimate of drug-likeness (QED) is 0.333. The number of aromatic amines is 1. The van der Waals surface area contributed by atoms with Crippen molar-refractivity contribution in [2.24, 2.45) is 0 Å². The van der Waals surface area contributed by atoms with Crippen molar-refractivity contribution in [3.05, 3.63) is 65.6 Å². The molecule has 0 unspecified atom stereocenters. The number of ketones is 1. The molecular weight excluding hydrogens is 533 g/mol. The van der Waals surface area contributed by atoms with Crippen LogP contribution in [0.3, 0.4) is 0 Å². The zero-order chi connectivity index (χ0) is 28.9. The van der Waals surface area contributed by atoms with Crippen molar-refractivity contribution in [1.82, 2.24) is 25.0 Å². The number of halogens is 1. The van der Waals surface area contributed by atoms with Crippen LogP contribution in [0, 0.1) is 5.82 Å². The number of amides is 3. The smallest absolute Gasteiger partial charge is 0.408 e. The molecule has 2 aliphatic heterocycles. The summed E-state index contributed by atoms with van der Waals surface area (Å²) in [6.45, 7) is 6.30. The van der Waals surface area contributed by atoms with Crippen molar-refractivity contribution < 1.29 is 33.0 Å². The summed E-state index contributed by atoms with van der Waals surface area (Å²) >= 11 is 0. The normalized spacial score (nSPS) is 17.9. The van der Waals surface area contributed by atoms with Crippen molar-refractivity contribution in [3.63, 3.8) is 0 Å². The van der Waals surface area contributed by atoms with Crippen molar-refractivity contribution in [2.75, 3.05) is 59.0 Å². The van der Waals surface area contributed by atoms with Crippen molar-refractivity contribution >= 4 is 34.6 Å². The number of ether oxygens (including phenoxy) is 2. The van der Waals surface area contributed by atoms with E-state index in [1.807, 2.05) is 6.07 Å². The molecule has 2 aromatic carbocycles. The summed E-state index contributed by atoms with van der Waals surface area (Å²) in [7, 11) is 0. The summed E-state index contributed by atoms with van der Waals surface area (Å²) in [5.74, 6) is -2.54. The van der Waals surface area contributed by atoms with Crippen molar-refractivity contribution in [3.8, 4) is 5.75 Å². The number of rotatable bonds is 7. The minimum atomic E-state index is -0.892.